The Bertz CT molecular complexity index is 895. The van der Waals surface area contributed by atoms with Crippen molar-refractivity contribution >= 4 is 13.8 Å². The normalized spacial score (nSPS) is 14.6. The quantitative estimate of drug-likeness (QED) is 0.0224. The minimum atomic E-state index is -4.50. The highest BCUT2D eigenvalue weighted by molar-refractivity contribution is 7.45. The number of phosphoric ester groups is 1. The van der Waals surface area contributed by atoms with E-state index in [1.54, 1.807) is 0 Å². The van der Waals surface area contributed by atoms with Crippen LogP contribution in [-0.4, -0.2) is 70.7 Å². The predicted molar refractivity (Wildman–Crippen MR) is 194 cm³/mol. The van der Waals surface area contributed by atoms with Crippen LogP contribution in [0.2, 0.25) is 0 Å². The minimum absolute atomic E-state index is 0.0227. The average Bonchev–Trinajstić information content (AvgIpc) is 3.01. The highest BCUT2D eigenvalue weighted by Gasteiger charge is 2.20. The van der Waals surface area contributed by atoms with Crippen LogP contribution in [0.5, 0.6) is 0 Å². The fourth-order valence-corrected chi connectivity index (χ4v) is 5.26. The van der Waals surface area contributed by atoms with E-state index in [2.05, 4.69) is 62.5 Å². The molecule has 0 fully saturated rings. The molecule has 2 atom stereocenters. The van der Waals surface area contributed by atoms with Gasteiger partial charge in [0.1, 0.15) is 19.3 Å². The monoisotopic (exact) mass is 683 g/mol. The Labute approximate surface area is 288 Å². The molecule has 0 aromatic carbocycles. The van der Waals surface area contributed by atoms with Crippen LogP contribution in [-0.2, 0) is 27.9 Å². The molecular weight excluding hydrogens is 613 g/mol. The van der Waals surface area contributed by atoms with Gasteiger partial charge in [-0.1, -0.05) is 120 Å². The van der Waals surface area contributed by atoms with E-state index in [1.165, 1.54) is 51.4 Å². The van der Waals surface area contributed by atoms with Crippen LogP contribution in [0.15, 0.2) is 48.6 Å². The number of phosphoric acid groups is 1. The van der Waals surface area contributed by atoms with E-state index in [0.29, 0.717) is 24.1 Å². The Morgan fingerprint density at radius 1 is 0.681 bits per heavy atom. The summed E-state index contributed by atoms with van der Waals surface area (Å²) in [4.78, 5) is 24.4. The van der Waals surface area contributed by atoms with Crippen LogP contribution in [0.3, 0.4) is 0 Å². The van der Waals surface area contributed by atoms with Gasteiger partial charge in [-0.2, -0.15) is 0 Å². The van der Waals surface area contributed by atoms with E-state index in [1.807, 2.05) is 21.1 Å². The molecule has 0 saturated heterocycles. The first-order valence-electron chi connectivity index (χ1n) is 18.4. The molecular formula is C38H70NO7P. The molecule has 0 aromatic heterocycles. The molecule has 8 nitrogen and oxygen atoms in total. The summed E-state index contributed by atoms with van der Waals surface area (Å²) in [5, 5.41) is 0. The molecule has 274 valence electrons. The maximum atomic E-state index is 12.2. The number of carbonyl (C=O) groups excluding carboxylic acids is 1. The largest absolute Gasteiger partial charge is 0.756 e. The average molecular weight is 684 g/mol. The molecule has 0 amide bonds. The lowest BCUT2D eigenvalue weighted by Gasteiger charge is -2.28. The van der Waals surface area contributed by atoms with Gasteiger partial charge in [-0.3, -0.25) is 9.36 Å². The zero-order valence-electron chi connectivity index (χ0n) is 30.7. The molecule has 0 aliphatic heterocycles. The van der Waals surface area contributed by atoms with Gasteiger partial charge >= 0.3 is 5.97 Å². The number of hydrogen-bond acceptors (Lipinski definition) is 7. The zero-order chi connectivity index (χ0) is 34.9. The molecule has 0 radical (unpaired) electrons. The van der Waals surface area contributed by atoms with E-state index in [-0.39, 0.29) is 25.8 Å². The fraction of sp³-hybridized carbons (Fsp3) is 0.763. The summed E-state index contributed by atoms with van der Waals surface area (Å²) in [5.74, 6) is -0.364. The molecule has 0 aliphatic rings. The third kappa shape index (κ3) is 35.6. The van der Waals surface area contributed by atoms with E-state index in [4.69, 9.17) is 18.5 Å². The van der Waals surface area contributed by atoms with Crippen molar-refractivity contribution in [1.29, 1.82) is 0 Å². The Balaban J connectivity index is 3.96. The summed E-state index contributed by atoms with van der Waals surface area (Å²) < 4.78 is 34.0. The van der Waals surface area contributed by atoms with E-state index >= 15 is 0 Å². The van der Waals surface area contributed by atoms with Crippen molar-refractivity contribution in [2.75, 3.05) is 54.1 Å². The second-order valence-electron chi connectivity index (χ2n) is 13.2. The molecule has 0 aromatic rings. The molecule has 0 spiro atoms. The molecule has 0 N–H and O–H groups in total. The van der Waals surface area contributed by atoms with Crippen molar-refractivity contribution in [3.63, 3.8) is 0 Å². The van der Waals surface area contributed by atoms with Crippen LogP contribution in [0.1, 0.15) is 129 Å². The Morgan fingerprint density at radius 3 is 1.81 bits per heavy atom. The molecule has 0 rings (SSSR count). The van der Waals surface area contributed by atoms with Crippen LogP contribution < -0.4 is 4.89 Å². The summed E-state index contributed by atoms with van der Waals surface area (Å²) >= 11 is 0. The lowest BCUT2D eigenvalue weighted by atomic mass is 10.1. The summed E-state index contributed by atoms with van der Waals surface area (Å²) in [6.07, 6.45) is 36.3. The van der Waals surface area contributed by atoms with Gasteiger partial charge in [0.15, 0.2) is 0 Å². The summed E-state index contributed by atoms with van der Waals surface area (Å²) in [7, 11) is 1.34. The van der Waals surface area contributed by atoms with Crippen molar-refractivity contribution in [2.45, 2.75) is 136 Å². The summed E-state index contributed by atoms with van der Waals surface area (Å²) in [5.41, 5.74) is 0. The van der Waals surface area contributed by atoms with Crippen LogP contribution >= 0.6 is 7.82 Å². The number of esters is 1. The van der Waals surface area contributed by atoms with Crippen LogP contribution in [0, 0.1) is 0 Å². The Morgan fingerprint density at radius 2 is 1.23 bits per heavy atom. The number of quaternary nitrogens is 1. The van der Waals surface area contributed by atoms with Gasteiger partial charge in [-0.15, -0.1) is 0 Å². The maximum Gasteiger partial charge on any atom is 0.306 e. The van der Waals surface area contributed by atoms with E-state index < -0.39 is 13.9 Å². The first-order chi connectivity index (χ1) is 22.6. The van der Waals surface area contributed by atoms with Crippen LogP contribution in [0.4, 0.5) is 0 Å². The highest BCUT2D eigenvalue weighted by atomic mass is 31.2. The van der Waals surface area contributed by atoms with Crippen molar-refractivity contribution in [2.24, 2.45) is 0 Å². The fourth-order valence-electron chi connectivity index (χ4n) is 4.53. The number of rotatable bonds is 33. The number of unbranched alkanes of at least 4 members (excludes halogenated alkanes) is 11. The van der Waals surface area contributed by atoms with Gasteiger partial charge in [-0.25, -0.2) is 0 Å². The maximum absolute atomic E-state index is 12.2. The zero-order valence-corrected chi connectivity index (χ0v) is 31.6. The summed E-state index contributed by atoms with van der Waals surface area (Å²) in [6, 6.07) is 0. The first-order valence-corrected chi connectivity index (χ1v) is 19.8. The third-order valence-electron chi connectivity index (χ3n) is 7.39. The summed E-state index contributed by atoms with van der Waals surface area (Å²) in [6.45, 7) is 5.08. The molecule has 0 aliphatic carbocycles. The van der Waals surface area contributed by atoms with Crippen molar-refractivity contribution in [3.8, 4) is 0 Å². The number of allylic oxidation sites excluding steroid dienone is 8. The van der Waals surface area contributed by atoms with Crippen molar-refractivity contribution in [3.05, 3.63) is 48.6 Å². The second kappa shape index (κ2) is 31.7. The second-order valence-corrected chi connectivity index (χ2v) is 14.6. The van der Waals surface area contributed by atoms with Gasteiger partial charge in [-0.05, 0) is 51.4 Å². The van der Waals surface area contributed by atoms with Gasteiger partial charge in [0.25, 0.3) is 7.82 Å². The van der Waals surface area contributed by atoms with E-state index in [0.717, 1.165) is 57.8 Å². The third-order valence-corrected chi connectivity index (χ3v) is 8.36. The lowest BCUT2D eigenvalue weighted by molar-refractivity contribution is -0.870. The molecule has 0 heterocycles. The number of hydrogen-bond donors (Lipinski definition) is 0. The topological polar surface area (TPSA) is 94.1 Å². The van der Waals surface area contributed by atoms with E-state index in [9.17, 15) is 14.3 Å². The number of nitrogens with zero attached hydrogens (tertiary/aromatic N) is 1. The molecule has 0 saturated carbocycles. The highest BCUT2D eigenvalue weighted by Crippen LogP contribution is 2.38. The van der Waals surface area contributed by atoms with Gasteiger partial charge < -0.3 is 27.9 Å². The minimum Gasteiger partial charge on any atom is -0.756 e. The smallest absolute Gasteiger partial charge is 0.306 e. The lowest BCUT2D eigenvalue weighted by Crippen LogP contribution is -2.37. The number of ether oxygens (including phenoxy) is 2. The molecule has 47 heavy (non-hydrogen) atoms. The molecule has 2 unspecified atom stereocenters. The van der Waals surface area contributed by atoms with Crippen molar-refractivity contribution in [1.82, 2.24) is 0 Å². The molecule has 9 heteroatoms. The number of carbonyl (C=O) groups is 1. The van der Waals surface area contributed by atoms with Gasteiger partial charge in [0.05, 0.1) is 34.4 Å². The van der Waals surface area contributed by atoms with Crippen molar-refractivity contribution < 1.29 is 37.3 Å². The number of likely N-dealkylation sites (N-methyl/N-ethyl adjacent to an activating group) is 1. The molecule has 0 bridgehead atoms. The predicted octanol–water partition coefficient (Wildman–Crippen LogP) is 9.41. The first kappa shape index (κ1) is 45.5. The standard InChI is InChI=1S/C38H70NO7P/c1-6-8-10-11-12-13-14-15-16-17-18-19-20-21-22-23-24-25-26-27-28-30-33-43-35-37(46-38(40)31-29-9-7-2)36-45-47(41,42)44-34-32-39(3,4)5/h8,10,12-13,15-16,18-19,37H,6-7,9,11,14,17,20-36H2,1-5H3/b10-8-,13-12-,16-15-,19-18-. The van der Waals surface area contributed by atoms with Gasteiger partial charge in [0, 0.05) is 13.0 Å². The SMILES string of the molecule is CC/C=C\C/C=C\C/C=C\C/C=C\CCCCCCCCCCCOCC(COP(=O)([O-])OCC[N+](C)(C)C)OC(=O)CCCCC. The van der Waals surface area contributed by atoms with Crippen LogP contribution in [0.25, 0.3) is 0 Å². The van der Waals surface area contributed by atoms with Gasteiger partial charge in [0.2, 0.25) is 0 Å². The Kier molecular flexibility index (Phi) is 30.7. The Hall–Kier alpha value is -1.54.